The van der Waals surface area contributed by atoms with Crippen LogP contribution in [0.1, 0.15) is 62.3 Å². The minimum atomic E-state index is -0.228. The summed E-state index contributed by atoms with van der Waals surface area (Å²) in [6.45, 7) is 7.99. The minimum absolute atomic E-state index is 0.00184. The van der Waals surface area contributed by atoms with E-state index in [9.17, 15) is 9.59 Å². The highest BCUT2D eigenvalue weighted by Gasteiger charge is 2.47. The van der Waals surface area contributed by atoms with E-state index in [1.54, 1.807) is 0 Å². The summed E-state index contributed by atoms with van der Waals surface area (Å²) in [7, 11) is 0. The summed E-state index contributed by atoms with van der Waals surface area (Å²) >= 11 is 0. The van der Waals surface area contributed by atoms with E-state index in [2.05, 4.69) is 28.4 Å². The Kier molecular flexibility index (Phi) is 7.87. The third kappa shape index (κ3) is 5.91. The SMILES string of the molecule is CC(C)C(=O)N[C@@H](CCN1CCC2(CC1)CCN(Cc1ccc(C#N)cc1)C2=O)c1ccccc1. The smallest absolute Gasteiger partial charge is 0.229 e. The second kappa shape index (κ2) is 11.0. The predicted octanol–water partition coefficient (Wildman–Crippen LogP) is 4.28. The first-order chi connectivity index (χ1) is 16.9. The number of hydrogen-bond donors (Lipinski definition) is 1. The third-order valence-corrected chi connectivity index (χ3v) is 7.65. The number of amides is 2. The molecule has 2 amide bonds. The minimum Gasteiger partial charge on any atom is -0.349 e. The summed E-state index contributed by atoms with van der Waals surface area (Å²) in [5, 5.41) is 12.2. The lowest BCUT2D eigenvalue weighted by Crippen LogP contribution is -2.45. The molecule has 0 aromatic heterocycles. The number of carbonyl (C=O) groups excluding carboxylic acids is 2. The molecule has 0 aliphatic carbocycles. The quantitative estimate of drug-likeness (QED) is 0.622. The first-order valence-corrected chi connectivity index (χ1v) is 12.8. The monoisotopic (exact) mass is 472 g/mol. The van der Waals surface area contributed by atoms with Crippen LogP contribution in [-0.2, 0) is 16.1 Å². The van der Waals surface area contributed by atoms with E-state index in [1.165, 1.54) is 0 Å². The Hall–Kier alpha value is -3.17. The topological polar surface area (TPSA) is 76.4 Å². The largest absolute Gasteiger partial charge is 0.349 e. The van der Waals surface area contributed by atoms with Crippen molar-refractivity contribution < 1.29 is 9.59 Å². The van der Waals surface area contributed by atoms with Gasteiger partial charge >= 0.3 is 0 Å². The highest BCUT2D eigenvalue weighted by Crippen LogP contribution is 2.42. The van der Waals surface area contributed by atoms with Gasteiger partial charge in [-0.3, -0.25) is 9.59 Å². The molecular formula is C29H36N4O2. The standard InChI is InChI=1S/C29H36N4O2/c1-22(2)27(34)31-26(25-6-4-3-5-7-25)12-16-32-17-13-29(14-18-32)15-19-33(28(29)35)21-24-10-8-23(20-30)9-11-24/h3-11,22,26H,12-19,21H2,1-2H3,(H,31,34)/t26-/m0/s1. The predicted molar refractivity (Wildman–Crippen MR) is 136 cm³/mol. The molecule has 184 valence electrons. The zero-order valence-corrected chi connectivity index (χ0v) is 20.9. The van der Waals surface area contributed by atoms with E-state index in [0.717, 1.165) is 63.0 Å². The van der Waals surface area contributed by atoms with Gasteiger partial charge in [0.2, 0.25) is 11.8 Å². The van der Waals surface area contributed by atoms with Crippen molar-refractivity contribution in [2.24, 2.45) is 11.3 Å². The van der Waals surface area contributed by atoms with Gasteiger partial charge in [-0.1, -0.05) is 56.3 Å². The molecular weight excluding hydrogens is 436 g/mol. The van der Waals surface area contributed by atoms with Crippen molar-refractivity contribution in [3.05, 3.63) is 71.3 Å². The van der Waals surface area contributed by atoms with Crippen LogP contribution in [0.5, 0.6) is 0 Å². The molecule has 0 bridgehead atoms. The molecule has 6 heteroatoms. The van der Waals surface area contributed by atoms with Crippen LogP contribution in [0.2, 0.25) is 0 Å². The molecule has 1 atom stereocenters. The van der Waals surface area contributed by atoms with Crippen LogP contribution in [-0.4, -0.2) is 47.8 Å². The molecule has 2 fully saturated rings. The van der Waals surface area contributed by atoms with Crippen LogP contribution < -0.4 is 5.32 Å². The summed E-state index contributed by atoms with van der Waals surface area (Å²) < 4.78 is 0. The molecule has 1 N–H and O–H groups in total. The lowest BCUT2D eigenvalue weighted by Gasteiger charge is -2.38. The molecule has 1 spiro atoms. The second-order valence-corrected chi connectivity index (χ2v) is 10.3. The molecule has 2 saturated heterocycles. The Morgan fingerprint density at radius 2 is 1.69 bits per heavy atom. The molecule has 2 aromatic rings. The molecule has 0 saturated carbocycles. The lowest BCUT2D eigenvalue weighted by atomic mass is 9.77. The summed E-state index contributed by atoms with van der Waals surface area (Å²) in [6.07, 6.45) is 3.56. The summed E-state index contributed by atoms with van der Waals surface area (Å²) in [6, 6.07) is 19.9. The van der Waals surface area contributed by atoms with Crippen LogP contribution in [0.15, 0.2) is 54.6 Å². The Balaban J connectivity index is 1.31. The molecule has 35 heavy (non-hydrogen) atoms. The average molecular weight is 473 g/mol. The number of likely N-dealkylation sites (tertiary alicyclic amines) is 2. The number of piperidine rings is 1. The lowest BCUT2D eigenvalue weighted by molar-refractivity contribution is -0.139. The van der Waals surface area contributed by atoms with Gasteiger partial charge in [-0.25, -0.2) is 0 Å². The van der Waals surface area contributed by atoms with Crippen molar-refractivity contribution in [1.82, 2.24) is 15.1 Å². The van der Waals surface area contributed by atoms with Gasteiger partial charge in [0, 0.05) is 25.6 Å². The van der Waals surface area contributed by atoms with Crippen molar-refractivity contribution >= 4 is 11.8 Å². The Labute approximate surface area is 208 Å². The van der Waals surface area contributed by atoms with Crippen LogP contribution in [0, 0.1) is 22.7 Å². The molecule has 2 aliphatic heterocycles. The van der Waals surface area contributed by atoms with Gasteiger partial charge in [-0.2, -0.15) is 5.26 Å². The van der Waals surface area contributed by atoms with E-state index >= 15 is 0 Å². The van der Waals surface area contributed by atoms with Crippen LogP contribution >= 0.6 is 0 Å². The fraction of sp³-hybridized carbons (Fsp3) is 0.483. The first kappa shape index (κ1) is 24.9. The highest BCUT2D eigenvalue weighted by atomic mass is 16.2. The zero-order chi connectivity index (χ0) is 24.8. The summed E-state index contributed by atoms with van der Waals surface area (Å²) in [5.41, 5.74) is 2.62. The van der Waals surface area contributed by atoms with Gasteiger partial charge in [0.1, 0.15) is 0 Å². The maximum atomic E-state index is 13.4. The number of rotatable bonds is 8. The van der Waals surface area contributed by atoms with Crippen molar-refractivity contribution in [2.45, 2.75) is 52.1 Å². The van der Waals surface area contributed by atoms with E-state index in [1.807, 2.05) is 61.2 Å². The molecule has 4 rings (SSSR count). The number of hydrogen-bond acceptors (Lipinski definition) is 4. The number of carbonyl (C=O) groups is 2. The Bertz CT molecular complexity index is 1050. The van der Waals surface area contributed by atoms with Crippen molar-refractivity contribution in [3.63, 3.8) is 0 Å². The average Bonchev–Trinajstić information content (AvgIpc) is 3.18. The van der Waals surface area contributed by atoms with Crippen LogP contribution in [0.4, 0.5) is 0 Å². The normalized spacial score (nSPS) is 18.6. The van der Waals surface area contributed by atoms with Crippen molar-refractivity contribution in [2.75, 3.05) is 26.2 Å². The molecule has 0 unspecified atom stereocenters. The first-order valence-electron chi connectivity index (χ1n) is 12.8. The van der Waals surface area contributed by atoms with Gasteiger partial charge < -0.3 is 15.1 Å². The molecule has 0 radical (unpaired) electrons. The Morgan fingerprint density at radius 1 is 1.03 bits per heavy atom. The van der Waals surface area contributed by atoms with Gasteiger partial charge in [0.25, 0.3) is 0 Å². The molecule has 2 aliphatic rings. The number of benzene rings is 2. The number of nitrogens with one attached hydrogen (secondary N) is 1. The van der Waals surface area contributed by atoms with Crippen molar-refractivity contribution in [1.29, 1.82) is 5.26 Å². The highest BCUT2D eigenvalue weighted by molar-refractivity contribution is 5.85. The fourth-order valence-electron chi connectivity index (χ4n) is 5.27. The maximum Gasteiger partial charge on any atom is 0.229 e. The van der Waals surface area contributed by atoms with E-state index < -0.39 is 0 Å². The zero-order valence-electron chi connectivity index (χ0n) is 20.9. The van der Waals surface area contributed by atoms with E-state index in [4.69, 9.17) is 5.26 Å². The summed E-state index contributed by atoms with van der Waals surface area (Å²) in [4.78, 5) is 30.2. The van der Waals surface area contributed by atoms with E-state index in [-0.39, 0.29) is 29.2 Å². The number of nitrogens with zero attached hydrogens (tertiary/aromatic N) is 3. The van der Waals surface area contributed by atoms with Gasteiger partial charge in [-0.05, 0) is 62.0 Å². The van der Waals surface area contributed by atoms with Gasteiger partial charge in [-0.15, -0.1) is 0 Å². The summed E-state index contributed by atoms with van der Waals surface area (Å²) in [5.74, 6) is 0.319. The fourth-order valence-corrected chi connectivity index (χ4v) is 5.27. The van der Waals surface area contributed by atoms with Crippen molar-refractivity contribution in [3.8, 4) is 6.07 Å². The van der Waals surface area contributed by atoms with Gasteiger partial charge in [0.05, 0.1) is 23.1 Å². The van der Waals surface area contributed by atoms with Crippen LogP contribution in [0.3, 0.4) is 0 Å². The maximum absolute atomic E-state index is 13.4. The Morgan fingerprint density at radius 3 is 2.31 bits per heavy atom. The second-order valence-electron chi connectivity index (χ2n) is 10.3. The molecule has 2 aromatic carbocycles. The van der Waals surface area contributed by atoms with Crippen LogP contribution in [0.25, 0.3) is 0 Å². The van der Waals surface area contributed by atoms with E-state index in [0.29, 0.717) is 12.1 Å². The molecule has 6 nitrogen and oxygen atoms in total. The molecule has 2 heterocycles. The van der Waals surface area contributed by atoms with Gasteiger partial charge in [0.15, 0.2) is 0 Å². The third-order valence-electron chi connectivity index (χ3n) is 7.65. The number of nitriles is 1.